The van der Waals surface area contributed by atoms with Crippen LogP contribution in [0.1, 0.15) is 15.9 Å². The number of carbonyl (C=O) groups is 1. The zero-order chi connectivity index (χ0) is 12.4. The average Bonchev–Trinajstić information content (AvgIpc) is 2.72. The number of fused-ring (bicyclic) bond motifs is 1. The molecule has 0 spiro atoms. The number of aromatic nitrogens is 3. The zero-order valence-corrected chi connectivity index (χ0v) is 9.28. The highest BCUT2D eigenvalue weighted by atomic mass is 16.5. The Morgan fingerprint density at radius 1 is 1.59 bits per heavy atom. The van der Waals surface area contributed by atoms with Gasteiger partial charge in [-0.1, -0.05) is 16.4 Å². The van der Waals surface area contributed by atoms with Crippen molar-refractivity contribution < 1.29 is 14.7 Å². The van der Waals surface area contributed by atoms with Gasteiger partial charge in [0.05, 0.1) is 18.9 Å². The van der Waals surface area contributed by atoms with Gasteiger partial charge in [-0.25, -0.2) is 9.48 Å². The van der Waals surface area contributed by atoms with Crippen LogP contribution in [0.25, 0.3) is 11.0 Å². The largest absolute Gasteiger partial charge is 0.465 e. The van der Waals surface area contributed by atoms with Gasteiger partial charge in [0.1, 0.15) is 11.0 Å². The molecule has 0 aliphatic heterocycles. The summed E-state index contributed by atoms with van der Waals surface area (Å²) in [7, 11) is 2.97. The lowest BCUT2D eigenvalue weighted by Gasteiger charge is -2.03. The van der Waals surface area contributed by atoms with Crippen LogP contribution in [0.15, 0.2) is 17.3 Å². The summed E-state index contributed by atoms with van der Waals surface area (Å²) in [6.45, 7) is 0. The van der Waals surface area contributed by atoms with E-state index in [-0.39, 0.29) is 0 Å². The second-order valence-corrected chi connectivity index (χ2v) is 3.35. The van der Waals surface area contributed by atoms with Crippen molar-refractivity contribution >= 4 is 23.2 Å². The predicted octanol–water partition coefficient (Wildman–Crippen LogP) is 0.563. The van der Waals surface area contributed by atoms with E-state index in [0.717, 1.165) is 0 Å². The Balaban J connectivity index is 2.77. The van der Waals surface area contributed by atoms with Crippen molar-refractivity contribution in [2.45, 2.75) is 0 Å². The summed E-state index contributed by atoms with van der Waals surface area (Å²) in [4.78, 5) is 11.6. The molecule has 1 aromatic heterocycles. The minimum atomic E-state index is -0.465. The molecule has 0 radical (unpaired) electrons. The number of oxime groups is 1. The number of hydrogen-bond donors (Lipinski definition) is 1. The van der Waals surface area contributed by atoms with Crippen molar-refractivity contribution in [3.63, 3.8) is 0 Å². The van der Waals surface area contributed by atoms with E-state index in [0.29, 0.717) is 22.2 Å². The molecule has 0 saturated carbocycles. The molecule has 0 atom stereocenters. The Morgan fingerprint density at radius 3 is 3.00 bits per heavy atom. The number of benzene rings is 1. The Kier molecular flexibility index (Phi) is 2.73. The van der Waals surface area contributed by atoms with Crippen molar-refractivity contribution in [1.82, 2.24) is 15.0 Å². The number of aryl methyl sites for hydroxylation is 1. The molecular formula is C10H10N4O3. The Morgan fingerprint density at radius 2 is 2.35 bits per heavy atom. The molecule has 0 unspecified atom stereocenters. The number of rotatable bonds is 2. The summed E-state index contributed by atoms with van der Waals surface area (Å²) in [5, 5.41) is 19.2. The van der Waals surface area contributed by atoms with Crippen LogP contribution in [0, 0.1) is 0 Å². The van der Waals surface area contributed by atoms with Crippen molar-refractivity contribution in [2.75, 3.05) is 7.11 Å². The molecule has 0 aliphatic rings. The molecule has 0 aliphatic carbocycles. The maximum absolute atomic E-state index is 11.6. The highest BCUT2D eigenvalue weighted by molar-refractivity contribution is 6.06. The molecule has 7 nitrogen and oxygen atoms in total. The third kappa shape index (κ3) is 1.71. The second-order valence-electron chi connectivity index (χ2n) is 3.35. The number of esters is 1. The van der Waals surface area contributed by atoms with Crippen LogP contribution in [-0.2, 0) is 11.8 Å². The molecule has 7 heteroatoms. The lowest BCUT2D eigenvalue weighted by molar-refractivity contribution is 0.0602. The third-order valence-electron chi connectivity index (χ3n) is 2.39. The number of carbonyl (C=O) groups excluding carboxylic acids is 1. The molecule has 0 amide bonds. The third-order valence-corrected chi connectivity index (χ3v) is 2.39. The van der Waals surface area contributed by atoms with E-state index < -0.39 is 5.97 Å². The Hall–Kier alpha value is -2.44. The van der Waals surface area contributed by atoms with Gasteiger partial charge in [-0.3, -0.25) is 0 Å². The fraction of sp³-hybridized carbons (Fsp3) is 0.200. The molecule has 0 bridgehead atoms. The van der Waals surface area contributed by atoms with Crippen LogP contribution >= 0.6 is 0 Å². The quantitative estimate of drug-likeness (QED) is 0.355. The first-order valence-electron chi connectivity index (χ1n) is 4.77. The summed E-state index contributed by atoms with van der Waals surface area (Å²) in [5.74, 6) is -0.465. The molecule has 88 valence electrons. The first-order valence-corrected chi connectivity index (χ1v) is 4.77. The summed E-state index contributed by atoms with van der Waals surface area (Å²) < 4.78 is 6.15. The van der Waals surface area contributed by atoms with Gasteiger partial charge in [0.25, 0.3) is 0 Å². The van der Waals surface area contributed by atoms with Crippen molar-refractivity contribution in [2.24, 2.45) is 12.2 Å². The van der Waals surface area contributed by atoms with E-state index in [9.17, 15) is 4.79 Å². The highest BCUT2D eigenvalue weighted by Crippen LogP contribution is 2.20. The SMILES string of the molecule is COC(=O)c1ccc(/C=N/O)c2nnn(C)c12. The van der Waals surface area contributed by atoms with E-state index in [2.05, 4.69) is 20.2 Å². The van der Waals surface area contributed by atoms with Crippen LogP contribution in [0.2, 0.25) is 0 Å². The van der Waals surface area contributed by atoms with Gasteiger partial charge in [0, 0.05) is 12.6 Å². The van der Waals surface area contributed by atoms with Gasteiger partial charge in [-0.05, 0) is 6.07 Å². The summed E-state index contributed by atoms with van der Waals surface area (Å²) in [6.07, 6.45) is 1.23. The summed E-state index contributed by atoms with van der Waals surface area (Å²) >= 11 is 0. The number of nitrogens with zero attached hydrogens (tertiary/aromatic N) is 4. The van der Waals surface area contributed by atoms with Crippen molar-refractivity contribution in [3.05, 3.63) is 23.3 Å². The molecule has 2 rings (SSSR count). The Bertz CT molecular complexity index is 603. The standard InChI is InChI=1S/C10H10N4O3/c1-14-9-7(10(15)17-2)4-3-6(5-11-16)8(9)12-13-14/h3-5,16H,1-2H3/b11-5+. The summed E-state index contributed by atoms with van der Waals surface area (Å²) in [5.41, 5.74) is 1.95. The Labute approximate surface area is 96.3 Å². The van der Waals surface area contributed by atoms with Gasteiger partial charge in [0.15, 0.2) is 0 Å². The van der Waals surface area contributed by atoms with Crippen molar-refractivity contribution in [3.8, 4) is 0 Å². The maximum atomic E-state index is 11.6. The van der Waals surface area contributed by atoms with Crippen LogP contribution in [0.5, 0.6) is 0 Å². The minimum Gasteiger partial charge on any atom is -0.465 e. The first-order chi connectivity index (χ1) is 8.19. The van der Waals surface area contributed by atoms with Gasteiger partial charge >= 0.3 is 5.97 Å². The first kappa shape index (κ1) is 11.1. The van der Waals surface area contributed by atoms with Crippen molar-refractivity contribution in [1.29, 1.82) is 0 Å². The molecule has 2 aromatic rings. The smallest absolute Gasteiger partial charge is 0.340 e. The lowest BCUT2D eigenvalue weighted by atomic mass is 10.1. The van der Waals surface area contributed by atoms with Crippen LogP contribution in [0.3, 0.4) is 0 Å². The highest BCUT2D eigenvalue weighted by Gasteiger charge is 2.16. The molecule has 1 heterocycles. The van der Waals surface area contributed by atoms with Gasteiger partial charge in [0.2, 0.25) is 0 Å². The van der Waals surface area contributed by atoms with Crippen LogP contribution in [0.4, 0.5) is 0 Å². The van der Waals surface area contributed by atoms with E-state index in [1.54, 1.807) is 19.2 Å². The molecule has 1 aromatic carbocycles. The molecule has 0 fully saturated rings. The van der Waals surface area contributed by atoms with Crippen LogP contribution in [-0.4, -0.2) is 39.5 Å². The van der Waals surface area contributed by atoms with E-state index in [1.165, 1.54) is 18.0 Å². The number of hydrogen-bond acceptors (Lipinski definition) is 6. The van der Waals surface area contributed by atoms with E-state index in [1.807, 2.05) is 0 Å². The van der Waals surface area contributed by atoms with E-state index in [4.69, 9.17) is 5.21 Å². The fourth-order valence-electron chi connectivity index (χ4n) is 1.63. The van der Waals surface area contributed by atoms with Gasteiger partial charge in [-0.2, -0.15) is 0 Å². The summed E-state index contributed by atoms with van der Waals surface area (Å²) in [6, 6.07) is 3.19. The molecular weight excluding hydrogens is 224 g/mol. The number of ether oxygens (including phenoxy) is 1. The van der Waals surface area contributed by atoms with Gasteiger partial charge < -0.3 is 9.94 Å². The van der Waals surface area contributed by atoms with E-state index >= 15 is 0 Å². The minimum absolute atomic E-state index is 0.366. The second kappa shape index (κ2) is 4.20. The monoisotopic (exact) mass is 234 g/mol. The zero-order valence-electron chi connectivity index (χ0n) is 9.28. The molecule has 0 saturated heterocycles. The molecule has 1 N–H and O–H groups in total. The van der Waals surface area contributed by atoms with Crippen LogP contribution < -0.4 is 0 Å². The lowest BCUT2D eigenvalue weighted by Crippen LogP contribution is -2.05. The topological polar surface area (TPSA) is 89.6 Å². The average molecular weight is 234 g/mol. The fourth-order valence-corrected chi connectivity index (χ4v) is 1.63. The normalized spacial score (nSPS) is 11.2. The molecule has 17 heavy (non-hydrogen) atoms. The predicted molar refractivity (Wildman–Crippen MR) is 59.2 cm³/mol. The maximum Gasteiger partial charge on any atom is 0.340 e. The number of methoxy groups -OCH3 is 1. The van der Waals surface area contributed by atoms with Gasteiger partial charge in [-0.15, -0.1) is 5.10 Å².